The zero-order chi connectivity index (χ0) is 6.85. The maximum atomic E-state index is 3.80. The van der Waals surface area contributed by atoms with E-state index in [2.05, 4.69) is 42.1 Å². The van der Waals surface area contributed by atoms with Crippen LogP contribution in [0.25, 0.3) is 0 Å². The summed E-state index contributed by atoms with van der Waals surface area (Å²) in [6, 6.07) is 1.90. The van der Waals surface area contributed by atoms with Crippen LogP contribution in [0.3, 0.4) is 0 Å². The fourth-order valence-corrected chi connectivity index (χ4v) is 1.05. The zero-order valence-corrected chi connectivity index (χ0v) is 10.6. The number of hydrogen-bond donors (Lipinski definition) is 0. The summed E-state index contributed by atoms with van der Waals surface area (Å²) in [6.07, 6.45) is 0. The van der Waals surface area contributed by atoms with Crippen LogP contribution in [0.15, 0.2) is 15.3 Å². The van der Waals surface area contributed by atoms with Gasteiger partial charge in [0.2, 0.25) is 0 Å². The molecule has 0 aliphatic heterocycles. The second-order valence-corrected chi connectivity index (χ2v) is 3.20. The van der Waals surface area contributed by atoms with Crippen molar-refractivity contribution in [1.82, 2.24) is 10.2 Å². The van der Waals surface area contributed by atoms with Crippen LogP contribution in [-0.2, 0) is 0 Å². The Bertz CT molecular complexity index is 229. The van der Waals surface area contributed by atoms with Gasteiger partial charge in [-0.05, 0) is 50.4 Å². The Balaban J connectivity index is 0.000000810. The molecule has 0 aliphatic carbocycles. The average Bonchev–Trinajstić information content (AvgIpc) is 1.80. The highest BCUT2D eigenvalue weighted by molar-refractivity contribution is 14.0. The van der Waals surface area contributed by atoms with E-state index >= 15 is 0 Å². The third-order valence-electron chi connectivity index (χ3n) is 0.894. The minimum Gasteiger partial charge on any atom is -0.142 e. The Morgan fingerprint density at radius 3 is 2.30 bits per heavy atom. The highest BCUT2D eigenvalue weighted by Gasteiger charge is 1.95. The van der Waals surface area contributed by atoms with Crippen LogP contribution < -0.4 is 0 Å². The molecule has 0 bridgehead atoms. The van der Waals surface area contributed by atoms with Gasteiger partial charge in [0.15, 0.2) is 0 Å². The molecule has 0 fully saturated rings. The monoisotopic (exact) mass is 378 g/mol. The molecule has 0 saturated heterocycles. The van der Waals surface area contributed by atoms with Gasteiger partial charge in [-0.15, -0.1) is 34.2 Å². The molecule has 0 radical (unpaired) electrons. The number of aryl methyl sites for hydroxylation is 1. The standard InChI is InChI=1S/C5H4Br2N2.HI/c1-3-2-4(6)8-9-5(3)7;/h2H,1H3;1H. The van der Waals surface area contributed by atoms with E-state index in [1.165, 1.54) is 0 Å². The van der Waals surface area contributed by atoms with Crippen LogP contribution in [0.1, 0.15) is 5.56 Å². The molecule has 0 spiro atoms. The highest BCUT2D eigenvalue weighted by Crippen LogP contribution is 2.14. The molecule has 0 amide bonds. The smallest absolute Gasteiger partial charge is 0.131 e. The van der Waals surface area contributed by atoms with Crippen molar-refractivity contribution in [2.75, 3.05) is 0 Å². The van der Waals surface area contributed by atoms with Crippen molar-refractivity contribution < 1.29 is 0 Å². The number of nitrogens with zero attached hydrogens (tertiary/aromatic N) is 2. The van der Waals surface area contributed by atoms with Crippen molar-refractivity contribution in [3.8, 4) is 0 Å². The van der Waals surface area contributed by atoms with E-state index in [1.807, 2.05) is 13.0 Å². The molecule has 0 saturated carbocycles. The summed E-state index contributed by atoms with van der Waals surface area (Å²) in [6.45, 7) is 1.96. The first kappa shape index (κ1) is 10.8. The van der Waals surface area contributed by atoms with Crippen LogP contribution in [0.5, 0.6) is 0 Å². The van der Waals surface area contributed by atoms with Crippen LogP contribution >= 0.6 is 55.8 Å². The maximum absolute atomic E-state index is 3.80. The maximum Gasteiger partial charge on any atom is 0.131 e. The van der Waals surface area contributed by atoms with Crippen LogP contribution in [0, 0.1) is 6.92 Å². The Morgan fingerprint density at radius 1 is 1.30 bits per heavy atom. The number of aromatic nitrogens is 2. The lowest BCUT2D eigenvalue weighted by atomic mass is 10.4. The third-order valence-corrected chi connectivity index (χ3v) is 2.07. The second kappa shape index (κ2) is 4.61. The highest BCUT2D eigenvalue weighted by atomic mass is 127. The van der Waals surface area contributed by atoms with Gasteiger partial charge in [0, 0.05) is 0 Å². The lowest BCUT2D eigenvalue weighted by Crippen LogP contribution is -1.85. The molecular weight excluding hydrogens is 375 g/mol. The van der Waals surface area contributed by atoms with Gasteiger partial charge in [0.05, 0.1) is 0 Å². The average molecular weight is 380 g/mol. The molecule has 0 atom stereocenters. The molecule has 0 aliphatic rings. The summed E-state index contributed by atoms with van der Waals surface area (Å²) < 4.78 is 1.56. The molecule has 10 heavy (non-hydrogen) atoms. The van der Waals surface area contributed by atoms with E-state index in [0.29, 0.717) is 0 Å². The molecule has 0 aromatic carbocycles. The number of hydrogen-bond acceptors (Lipinski definition) is 2. The van der Waals surface area contributed by atoms with Crippen molar-refractivity contribution in [3.63, 3.8) is 0 Å². The number of halogens is 3. The molecule has 1 aromatic rings. The van der Waals surface area contributed by atoms with E-state index in [1.54, 1.807) is 0 Å². The van der Waals surface area contributed by atoms with Crippen molar-refractivity contribution >= 4 is 55.8 Å². The van der Waals surface area contributed by atoms with E-state index in [0.717, 1.165) is 14.8 Å². The molecule has 0 N–H and O–H groups in total. The minimum absolute atomic E-state index is 0. The Morgan fingerprint density at radius 2 is 1.90 bits per heavy atom. The van der Waals surface area contributed by atoms with Crippen molar-refractivity contribution in [2.24, 2.45) is 0 Å². The van der Waals surface area contributed by atoms with Crippen molar-refractivity contribution in [1.29, 1.82) is 0 Å². The Labute approximate surface area is 93.1 Å². The Kier molecular flexibility index (Phi) is 4.96. The molecular formula is C5H5Br2IN2. The van der Waals surface area contributed by atoms with Gasteiger partial charge in [0.1, 0.15) is 9.21 Å². The first-order chi connectivity index (χ1) is 4.20. The molecule has 1 heterocycles. The summed E-state index contributed by atoms with van der Waals surface area (Å²) in [5, 5.41) is 7.56. The van der Waals surface area contributed by atoms with Crippen LogP contribution in [0.2, 0.25) is 0 Å². The number of rotatable bonds is 0. The zero-order valence-electron chi connectivity index (χ0n) is 5.14. The van der Waals surface area contributed by atoms with E-state index in [9.17, 15) is 0 Å². The summed E-state index contributed by atoms with van der Waals surface area (Å²) in [5.41, 5.74) is 1.08. The van der Waals surface area contributed by atoms with Gasteiger partial charge in [-0.25, -0.2) is 0 Å². The first-order valence-electron chi connectivity index (χ1n) is 2.35. The molecule has 5 heteroatoms. The topological polar surface area (TPSA) is 25.8 Å². The molecule has 2 nitrogen and oxygen atoms in total. The minimum atomic E-state index is 0. The quantitative estimate of drug-likeness (QED) is 0.648. The van der Waals surface area contributed by atoms with Gasteiger partial charge in [-0.1, -0.05) is 0 Å². The van der Waals surface area contributed by atoms with Gasteiger partial charge in [-0.3, -0.25) is 0 Å². The molecule has 1 aromatic heterocycles. The van der Waals surface area contributed by atoms with Crippen molar-refractivity contribution in [3.05, 3.63) is 20.8 Å². The van der Waals surface area contributed by atoms with Crippen LogP contribution in [0.4, 0.5) is 0 Å². The van der Waals surface area contributed by atoms with Gasteiger partial charge in [0.25, 0.3) is 0 Å². The predicted octanol–water partition coefficient (Wildman–Crippen LogP) is 2.93. The fraction of sp³-hybridized carbons (Fsp3) is 0.200. The van der Waals surface area contributed by atoms with E-state index in [-0.39, 0.29) is 24.0 Å². The predicted molar refractivity (Wildman–Crippen MR) is 57.6 cm³/mol. The lowest BCUT2D eigenvalue weighted by molar-refractivity contribution is 0.963. The third kappa shape index (κ3) is 2.79. The summed E-state index contributed by atoms with van der Waals surface area (Å²) in [5.74, 6) is 0. The van der Waals surface area contributed by atoms with Gasteiger partial charge >= 0.3 is 0 Å². The fourth-order valence-electron chi connectivity index (χ4n) is 0.438. The lowest BCUT2D eigenvalue weighted by Gasteiger charge is -1.93. The largest absolute Gasteiger partial charge is 0.142 e. The molecule has 0 unspecified atom stereocenters. The van der Waals surface area contributed by atoms with Crippen LogP contribution in [-0.4, -0.2) is 10.2 Å². The molecule has 56 valence electrons. The Hall–Kier alpha value is 0.770. The van der Waals surface area contributed by atoms with E-state index < -0.39 is 0 Å². The molecule has 1 rings (SSSR count). The van der Waals surface area contributed by atoms with E-state index in [4.69, 9.17) is 0 Å². The SMILES string of the molecule is Cc1cc(Br)nnc1Br.I. The summed E-state index contributed by atoms with van der Waals surface area (Å²) in [4.78, 5) is 0. The van der Waals surface area contributed by atoms with Gasteiger partial charge in [-0.2, -0.15) is 0 Å². The summed E-state index contributed by atoms with van der Waals surface area (Å²) in [7, 11) is 0. The van der Waals surface area contributed by atoms with Gasteiger partial charge < -0.3 is 0 Å². The van der Waals surface area contributed by atoms with Crippen molar-refractivity contribution in [2.45, 2.75) is 6.92 Å². The normalized spacial score (nSPS) is 8.70. The second-order valence-electron chi connectivity index (χ2n) is 1.64. The first-order valence-corrected chi connectivity index (χ1v) is 3.94. The summed E-state index contributed by atoms with van der Waals surface area (Å²) >= 11 is 6.44.